The van der Waals surface area contributed by atoms with Crippen molar-refractivity contribution in [1.29, 1.82) is 0 Å². The minimum Gasteiger partial charge on any atom is -0.0723 e. The van der Waals surface area contributed by atoms with Gasteiger partial charge in [0.05, 0.1) is 0 Å². The van der Waals surface area contributed by atoms with Gasteiger partial charge in [-0.05, 0) is 61.7 Å². The van der Waals surface area contributed by atoms with Crippen molar-refractivity contribution in [3.05, 3.63) is 95.4 Å². The van der Waals surface area contributed by atoms with Gasteiger partial charge in [-0.1, -0.05) is 139 Å². The Morgan fingerprint density at radius 2 is 0.788 bits per heavy atom. The maximum atomic E-state index is 2.54. The summed E-state index contributed by atoms with van der Waals surface area (Å²) in [4.78, 5) is 0. The molecular weight excluding hydrogens is 396 g/mol. The molecule has 0 bridgehead atoms. The Labute approximate surface area is 200 Å². The van der Waals surface area contributed by atoms with Gasteiger partial charge in [0.25, 0.3) is 0 Å². The Morgan fingerprint density at radius 3 is 1.15 bits per heavy atom. The Morgan fingerprint density at radius 1 is 0.455 bits per heavy atom. The average Bonchev–Trinajstić information content (AvgIpc) is 3.69. The highest BCUT2D eigenvalue weighted by Crippen LogP contribution is 2.43. The third kappa shape index (κ3) is 4.81. The fraction of sp³-hybridized carbons (Fsp3) is 0.273. The van der Waals surface area contributed by atoms with Gasteiger partial charge in [-0.15, -0.1) is 0 Å². The Bertz CT molecular complexity index is 1180. The summed E-state index contributed by atoms with van der Waals surface area (Å²) in [5, 5.41) is 5.56. The monoisotopic (exact) mass is 434 g/mol. The van der Waals surface area contributed by atoms with Crippen LogP contribution in [-0.4, -0.2) is 0 Å². The predicted molar refractivity (Wildman–Crippen MR) is 149 cm³/mol. The van der Waals surface area contributed by atoms with Crippen LogP contribution in [-0.2, 0) is 0 Å². The van der Waals surface area contributed by atoms with E-state index in [4.69, 9.17) is 0 Å². The molecular formula is C33H38. The van der Waals surface area contributed by atoms with E-state index >= 15 is 0 Å². The highest BCUT2D eigenvalue weighted by molar-refractivity contribution is 6.06. The lowest BCUT2D eigenvalue weighted by Gasteiger charge is -2.17. The smallest absolute Gasteiger partial charge is 0.00296 e. The first-order valence-corrected chi connectivity index (χ1v) is 12.8. The van der Waals surface area contributed by atoms with E-state index in [0.717, 1.165) is 11.8 Å². The van der Waals surface area contributed by atoms with Crippen molar-refractivity contribution in [2.75, 3.05) is 0 Å². The van der Waals surface area contributed by atoms with Crippen LogP contribution >= 0.6 is 0 Å². The molecule has 33 heavy (non-hydrogen) atoms. The van der Waals surface area contributed by atoms with Gasteiger partial charge in [-0.3, -0.25) is 0 Å². The first-order valence-electron chi connectivity index (χ1n) is 12.8. The molecule has 0 saturated heterocycles. The van der Waals surface area contributed by atoms with Crippen molar-refractivity contribution in [2.45, 2.75) is 48.0 Å². The molecule has 1 saturated carbocycles. The lowest BCUT2D eigenvalue weighted by Crippen LogP contribution is -2.32. The molecule has 4 aromatic carbocycles. The van der Waals surface area contributed by atoms with Gasteiger partial charge in [0.1, 0.15) is 0 Å². The SMILES string of the molecule is C1=c2c(-c3ccccc3)c3ccccc3c(-c3ccccc3)c2=C[C@@H]2CC12.CC.CC.CC. The third-order valence-corrected chi connectivity index (χ3v) is 6.07. The zero-order valence-corrected chi connectivity index (χ0v) is 21.1. The molecule has 1 fully saturated rings. The maximum Gasteiger partial charge on any atom is -0.00296 e. The largest absolute Gasteiger partial charge is 0.0723 e. The van der Waals surface area contributed by atoms with E-state index in [1.54, 1.807) is 0 Å². The van der Waals surface area contributed by atoms with Crippen LogP contribution in [0.2, 0.25) is 0 Å². The third-order valence-electron chi connectivity index (χ3n) is 6.07. The molecule has 0 radical (unpaired) electrons. The summed E-state index contributed by atoms with van der Waals surface area (Å²) in [6.45, 7) is 12.0. The van der Waals surface area contributed by atoms with E-state index in [2.05, 4.69) is 97.1 Å². The molecule has 0 heteroatoms. The van der Waals surface area contributed by atoms with Crippen LogP contribution in [0.4, 0.5) is 0 Å². The fourth-order valence-corrected chi connectivity index (χ4v) is 4.70. The van der Waals surface area contributed by atoms with Crippen LogP contribution in [0, 0.1) is 11.8 Å². The number of hydrogen-bond acceptors (Lipinski definition) is 0. The van der Waals surface area contributed by atoms with Gasteiger partial charge < -0.3 is 0 Å². The quantitative estimate of drug-likeness (QED) is 0.297. The second-order valence-corrected chi connectivity index (χ2v) is 7.75. The fourth-order valence-electron chi connectivity index (χ4n) is 4.70. The van der Waals surface area contributed by atoms with Crippen LogP contribution in [0.25, 0.3) is 45.2 Å². The van der Waals surface area contributed by atoms with Gasteiger partial charge >= 0.3 is 0 Å². The number of hydrogen-bond donors (Lipinski definition) is 0. The molecule has 0 heterocycles. The van der Waals surface area contributed by atoms with E-state index in [1.165, 1.54) is 49.9 Å². The van der Waals surface area contributed by atoms with Crippen LogP contribution in [0.3, 0.4) is 0 Å². The maximum absolute atomic E-state index is 2.54. The molecule has 2 atom stereocenters. The summed E-state index contributed by atoms with van der Waals surface area (Å²) in [6, 6.07) is 30.7. The Kier molecular flexibility index (Phi) is 8.66. The molecule has 6 rings (SSSR count). The van der Waals surface area contributed by atoms with Crippen LogP contribution in [0.1, 0.15) is 48.0 Å². The molecule has 4 aromatic rings. The first-order chi connectivity index (χ1) is 16.4. The van der Waals surface area contributed by atoms with Crippen molar-refractivity contribution in [3.8, 4) is 22.3 Å². The summed E-state index contributed by atoms with van der Waals surface area (Å²) >= 11 is 0. The normalized spacial score (nSPS) is 16.5. The van der Waals surface area contributed by atoms with Gasteiger partial charge in [-0.2, -0.15) is 0 Å². The highest BCUT2D eigenvalue weighted by Gasteiger charge is 2.35. The lowest BCUT2D eigenvalue weighted by atomic mass is 9.86. The molecule has 0 aliphatic heterocycles. The average molecular weight is 435 g/mol. The first kappa shape index (κ1) is 24.5. The molecule has 2 aliphatic rings. The molecule has 0 aromatic heterocycles. The van der Waals surface area contributed by atoms with Gasteiger partial charge in [0, 0.05) is 0 Å². The van der Waals surface area contributed by atoms with E-state index in [9.17, 15) is 0 Å². The number of benzene rings is 4. The molecule has 0 spiro atoms. The summed E-state index contributed by atoms with van der Waals surface area (Å²) in [7, 11) is 0. The zero-order chi connectivity index (χ0) is 23.8. The minimum atomic E-state index is 0.727. The molecule has 0 amide bonds. The van der Waals surface area contributed by atoms with Gasteiger partial charge in [-0.25, -0.2) is 0 Å². The summed E-state index contributed by atoms with van der Waals surface area (Å²) in [5.74, 6) is 1.45. The Balaban J connectivity index is 0.000000475. The van der Waals surface area contributed by atoms with E-state index in [0.29, 0.717) is 0 Å². The van der Waals surface area contributed by atoms with Crippen molar-refractivity contribution in [3.63, 3.8) is 0 Å². The zero-order valence-electron chi connectivity index (χ0n) is 21.1. The van der Waals surface area contributed by atoms with Gasteiger partial charge in [0.2, 0.25) is 0 Å². The molecule has 0 N–H and O–H groups in total. The van der Waals surface area contributed by atoms with E-state index < -0.39 is 0 Å². The van der Waals surface area contributed by atoms with Crippen molar-refractivity contribution < 1.29 is 0 Å². The standard InChI is InChI=1S/C27H20.3C2H6/c1-3-9-18(10-4-1)26-22-13-7-8-14-23(22)27(19-11-5-2-6-12-19)25-17-21-15-20(21)16-24(25)26;3*1-2/h1-14,16-17,20-21H,15H2;3*1-2H3/t20-,21?;;;/m0.../s1. The topological polar surface area (TPSA) is 0 Å². The number of rotatable bonds is 2. The highest BCUT2D eigenvalue weighted by atomic mass is 14.4. The Hall–Kier alpha value is -3.12. The minimum absolute atomic E-state index is 0.727. The van der Waals surface area contributed by atoms with E-state index in [1.807, 2.05) is 41.5 Å². The summed E-state index contributed by atoms with van der Waals surface area (Å²) in [5.41, 5.74) is 5.41. The molecule has 2 aliphatic carbocycles. The van der Waals surface area contributed by atoms with Crippen LogP contribution in [0.15, 0.2) is 84.9 Å². The van der Waals surface area contributed by atoms with Crippen LogP contribution in [0.5, 0.6) is 0 Å². The van der Waals surface area contributed by atoms with Crippen molar-refractivity contribution in [2.24, 2.45) is 11.8 Å². The van der Waals surface area contributed by atoms with Crippen LogP contribution < -0.4 is 10.4 Å². The van der Waals surface area contributed by atoms with Crippen molar-refractivity contribution >= 4 is 22.9 Å². The summed E-state index contributed by atoms with van der Waals surface area (Å²) < 4.78 is 0. The molecule has 0 nitrogen and oxygen atoms in total. The van der Waals surface area contributed by atoms with Crippen molar-refractivity contribution in [1.82, 2.24) is 0 Å². The second-order valence-electron chi connectivity index (χ2n) is 7.75. The second kappa shape index (κ2) is 11.7. The van der Waals surface area contributed by atoms with E-state index in [-0.39, 0.29) is 0 Å². The van der Waals surface area contributed by atoms with Gasteiger partial charge in [0.15, 0.2) is 0 Å². The molecule has 170 valence electrons. The predicted octanol–water partition coefficient (Wildman–Crippen LogP) is 8.46. The molecule has 1 unspecified atom stereocenters. The number of fused-ring (bicyclic) bond motifs is 3. The lowest BCUT2D eigenvalue weighted by molar-refractivity contribution is 1.06. The summed E-state index contributed by atoms with van der Waals surface area (Å²) in [6.07, 6.45) is 6.38.